The highest BCUT2D eigenvalue weighted by Gasteiger charge is 2.21. The van der Waals surface area contributed by atoms with Crippen LogP contribution in [0.4, 0.5) is 4.39 Å². The minimum atomic E-state index is -0.429. The van der Waals surface area contributed by atoms with Gasteiger partial charge in [-0.05, 0) is 59.7 Å². The number of aromatic nitrogens is 1. The lowest BCUT2D eigenvalue weighted by molar-refractivity contribution is 0.0713. The molecule has 1 aliphatic rings. The third kappa shape index (κ3) is 5.97. The summed E-state index contributed by atoms with van der Waals surface area (Å²) in [5.41, 5.74) is 2.14. The number of nitrogens with one attached hydrogen (secondary N) is 1. The first-order chi connectivity index (χ1) is 17.9. The molecule has 0 spiro atoms. The van der Waals surface area contributed by atoms with Gasteiger partial charge in [-0.15, -0.1) is 0 Å². The molecule has 2 amide bonds. The Kier molecular flexibility index (Phi) is 7.18. The van der Waals surface area contributed by atoms with Crippen LogP contribution in [0.15, 0.2) is 81.8 Å². The second-order valence-electron chi connectivity index (χ2n) is 8.35. The standard InChI is InChI=1S/C27H21BrFN3O5/c28-20-3-1-2-18(10-20)14-32(27(34)19-5-7-21(29)8-6-19)15-22-12-23(31-37-22)26(33)30-13-17-4-9-24-25(11-17)36-16-35-24/h1-12H,13-16H2,(H,30,33). The van der Waals surface area contributed by atoms with E-state index in [0.29, 0.717) is 22.8 Å². The highest BCUT2D eigenvalue weighted by molar-refractivity contribution is 9.10. The topological polar surface area (TPSA) is 93.9 Å². The van der Waals surface area contributed by atoms with Crippen LogP contribution in [0.1, 0.15) is 37.7 Å². The van der Waals surface area contributed by atoms with E-state index in [1.165, 1.54) is 30.3 Å². The van der Waals surface area contributed by atoms with E-state index in [1.54, 1.807) is 17.0 Å². The summed E-state index contributed by atoms with van der Waals surface area (Å²) in [6.07, 6.45) is 0. The summed E-state index contributed by atoms with van der Waals surface area (Å²) in [7, 11) is 0. The summed E-state index contributed by atoms with van der Waals surface area (Å²) in [4.78, 5) is 27.5. The Morgan fingerprint density at radius 2 is 1.76 bits per heavy atom. The van der Waals surface area contributed by atoms with Crippen LogP contribution in [-0.2, 0) is 19.6 Å². The number of carbonyl (C=O) groups is 2. The number of fused-ring (bicyclic) bond motifs is 1. The maximum atomic E-state index is 13.4. The first-order valence-corrected chi connectivity index (χ1v) is 12.2. The Morgan fingerprint density at radius 1 is 0.946 bits per heavy atom. The van der Waals surface area contributed by atoms with Gasteiger partial charge in [-0.25, -0.2) is 4.39 Å². The largest absolute Gasteiger partial charge is 0.454 e. The minimum Gasteiger partial charge on any atom is -0.454 e. The second kappa shape index (κ2) is 10.8. The molecule has 10 heteroatoms. The van der Waals surface area contributed by atoms with Gasteiger partial charge in [-0.2, -0.15) is 0 Å². The SMILES string of the molecule is O=C(NCc1ccc2c(c1)OCO2)c1cc(CN(Cc2cccc(Br)c2)C(=O)c2ccc(F)cc2)on1. The van der Waals surface area contributed by atoms with Gasteiger partial charge in [0.2, 0.25) is 6.79 Å². The molecule has 1 N–H and O–H groups in total. The minimum absolute atomic E-state index is 0.0607. The number of halogens is 2. The lowest BCUT2D eigenvalue weighted by Crippen LogP contribution is -2.30. The summed E-state index contributed by atoms with van der Waals surface area (Å²) in [6.45, 7) is 0.762. The molecule has 0 fully saturated rings. The van der Waals surface area contributed by atoms with Crippen LogP contribution in [0.2, 0.25) is 0 Å². The number of ether oxygens (including phenoxy) is 2. The number of rotatable bonds is 8. The molecule has 0 saturated heterocycles. The first kappa shape index (κ1) is 24.5. The number of hydrogen-bond acceptors (Lipinski definition) is 6. The zero-order valence-electron chi connectivity index (χ0n) is 19.4. The molecule has 5 rings (SSSR count). The quantitative estimate of drug-likeness (QED) is 0.320. The van der Waals surface area contributed by atoms with Crippen LogP contribution < -0.4 is 14.8 Å². The molecule has 0 radical (unpaired) electrons. The molecule has 3 aromatic carbocycles. The lowest BCUT2D eigenvalue weighted by Gasteiger charge is -2.22. The summed E-state index contributed by atoms with van der Waals surface area (Å²) in [5.74, 6) is 0.465. The third-order valence-corrected chi connectivity index (χ3v) is 6.16. The van der Waals surface area contributed by atoms with Crippen molar-refractivity contribution in [1.82, 2.24) is 15.4 Å². The molecule has 1 aromatic heterocycles. The van der Waals surface area contributed by atoms with Crippen molar-refractivity contribution in [2.45, 2.75) is 19.6 Å². The van der Waals surface area contributed by atoms with Crippen LogP contribution in [0, 0.1) is 5.82 Å². The highest BCUT2D eigenvalue weighted by atomic mass is 79.9. The van der Waals surface area contributed by atoms with Crippen molar-refractivity contribution in [3.05, 3.63) is 111 Å². The van der Waals surface area contributed by atoms with Crippen LogP contribution in [-0.4, -0.2) is 28.7 Å². The number of carbonyl (C=O) groups excluding carboxylic acids is 2. The monoisotopic (exact) mass is 565 g/mol. The predicted molar refractivity (Wildman–Crippen MR) is 134 cm³/mol. The van der Waals surface area contributed by atoms with E-state index >= 15 is 0 Å². The Balaban J connectivity index is 1.28. The summed E-state index contributed by atoms with van der Waals surface area (Å²) in [6, 6.07) is 19.8. The van der Waals surface area contributed by atoms with Gasteiger partial charge in [-0.1, -0.05) is 39.3 Å². The van der Waals surface area contributed by atoms with Gasteiger partial charge in [0.25, 0.3) is 11.8 Å². The maximum Gasteiger partial charge on any atom is 0.273 e. The maximum absolute atomic E-state index is 13.4. The predicted octanol–water partition coefficient (Wildman–Crippen LogP) is 5.08. The van der Waals surface area contributed by atoms with Crippen LogP contribution >= 0.6 is 15.9 Å². The smallest absolute Gasteiger partial charge is 0.273 e. The Bertz CT molecular complexity index is 1440. The number of amides is 2. The Morgan fingerprint density at radius 3 is 2.57 bits per heavy atom. The molecule has 0 atom stereocenters. The molecule has 1 aliphatic heterocycles. The van der Waals surface area contributed by atoms with E-state index in [2.05, 4.69) is 26.4 Å². The first-order valence-electron chi connectivity index (χ1n) is 11.4. The van der Waals surface area contributed by atoms with E-state index in [9.17, 15) is 14.0 Å². The van der Waals surface area contributed by atoms with Crippen LogP contribution in [0.3, 0.4) is 0 Å². The van der Waals surface area contributed by atoms with Crippen molar-refractivity contribution in [2.24, 2.45) is 0 Å². The molecule has 188 valence electrons. The third-order valence-electron chi connectivity index (χ3n) is 5.67. The molecule has 0 bridgehead atoms. The fourth-order valence-electron chi connectivity index (χ4n) is 3.84. The molecule has 0 unspecified atom stereocenters. The number of nitrogens with zero attached hydrogens (tertiary/aromatic N) is 2. The average molecular weight is 566 g/mol. The molecule has 2 heterocycles. The fraction of sp³-hybridized carbons (Fsp3) is 0.148. The van der Waals surface area contributed by atoms with Crippen LogP contribution in [0.5, 0.6) is 11.5 Å². The van der Waals surface area contributed by atoms with Gasteiger partial charge in [0.05, 0.1) is 6.54 Å². The van der Waals surface area contributed by atoms with Crippen LogP contribution in [0.25, 0.3) is 0 Å². The van der Waals surface area contributed by atoms with Gasteiger partial charge in [0.15, 0.2) is 23.0 Å². The Labute approximate surface area is 220 Å². The second-order valence-corrected chi connectivity index (χ2v) is 9.26. The van der Waals surface area contributed by atoms with E-state index in [4.69, 9.17) is 14.0 Å². The van der Waals surface area contributed by atoms with Gasteiger partial charge in [0.1, 0.15) is 5.82 Å². The van der Waals surface area contributed by atoms with Crippen molar-refractivity contribution in [3.8, 4) is 11.5 Å². The van der Waals surface area contributed by atoms with E-state index in [1.807, 2.05) is 30.3 Å². The van der Waals surface area contributed by atoms with Gasteiger partial charge >= 0.3 is 0 Å². The average Bonchev–Trinajstić information content (AvgIpc) is 3.56. The van der Waals surface area contributed by atoms with Crippen molar-refractivity contribution in [2.75, 3.05) is 6.79 Å². The molecule has 37 heavy (non-hydrogen) atoms. The fourth-order valence-corrected chi connectivity index (χ4v) is 4.28. The molecular formula is C27H21BrFN3O5. The molecule has 0 saturated carbocycles. The number of hydrogen-bond donors (Lipinski definition) is 1. The van der Waals surface area contributed by atoms with Crippen molar-refractivity contribution < 1.29 is 28.0 Å². The molecular weight excluding hydrogens is 545 g/mol. The molecule has 8 nitrogen and oxygen atoms in total. The molecule has 0 aliphatic carbocycles. The normalized spacial score (nSPS) is 11.8. The van der Waals surface area contributed by atoms with Gasteiger partial charge < -0.3 is 24.2 Å². The highest BCUT2D eigenvalue weighted by Crippen LogP contribution is 2.32. The van der Waals surface area contributed by atoms with E-state index in [-0.39, 0.29) is 38.0 Å². The van der Waals surface area contributed by atoms with Gasteiger partial charge in [-0.3, -0.25) is 9.59 Å². The zero-order chi connectivity index (χ0) is 25.8. The summed E-state index contributed by atoms with van der Waals surface area (Å²) < 4.78 is 30.3. The van der Waals surface area contributed by atoms with Crippen molar-refractivity contribution >= 4 is 27.7 Å². The van der Waals surface area contributed by atoms with Crippen molar-refractivity contribution in [3.63, 3.8) is 0 Å². The van der Waals surface area contributed by atoms with Crippen molar-refractivity contribution in [1.29, 1.82) is 0 Å². The summed E-state index contributed by atoms with van der Waals surface area (Å²) in [5, 5.41) is 6.67. The number of benzene rings is 3. The van der Waals surface area contributed by atoms with E-state index < -0.39 is 11.7 Å². The summed E-state index contributed by atoms with van der Waals surface area (Å²) >= 11 is 3.44. The Hall–Kier alpha value is -4.18. The van der Waals surface area contributed by atoms with E-state index in [0.717, 1.165) is 15.6 Å². The molecule has 4 aromatic rings. The zero-order valence-corrected chi connectivity index (χ0v) is 21.0. The lowest BCUT2D eigenvalue weighted by atomic mass is 10.1. The van der Waals surface area contributed by atoms with Gasteiger partial charge in [0, 0.05) is 29.2 Å².